The van der Waals surface area contributed by atoms with Crippen molar-refractivity contribution in [2.24, 2.45) is 0 Å². The van der Waals surface area contributed by atoms with Crippen LogP contribution in [0, 0.1) is 6.92 Å². The third-order valence-electron chi connectivity index (χ3n) is 2.15. The molecule has 0 aliphatic rings. The van der Waals surface area contributed by atoms with Crippen molar-refractivity contribution < 1.29 is 5.11 Å². The van der Waals surface area contributed by atoms with Crippen molar-refractivity contribution in [2.45, 2.75) is 13.5 Å². The number of fused-ring (bicyclic) bond motifs is 1. The molecule has 1 aromatic heterocycles. The molecule has 0 amide bonds. The molecule has 1 N–H and O–H groups in total. The zero-order valence-corrected chi connectivity index (χ0v) is 7.49. The first kappa shape index (κ1) is 8.20. The largest absolute Gasteiger partial charge is 0.390 e. The van der Waals surface area contributed by atoms with Gasteiger partial charge in [0.1, 0.15) is 0 Å². The topological polar surface area (TPSA) is 33.1 Å². The van der Waals surface area contributed by atoms with Gasteiger partial charge in [-0.05, 0) is 18.4 Å². The molecule has 2 heteroatoms. The van der Waals surface area contributed by atoms with Gasteiger partial charge >= 0.3 is 0 Å². The summed E-state index contributed by atoms with van der Waals surface area (Å²) in [5, 5.41) is 11.2. The number of hydrogen-bond acceptors (Lipinski definition) is 2. The highest BCUT2D eigenvalue weighted by Gasteiger charge is 1.99. The summed E-state index contributed by atoms with van der Waals surface area (Å²) in [5.74, 6) is 0. The van der Waals surface area contributed by atoms with Gasteiger partial charge in [-0.2, -0.15) is 0 Å². The summed E-state index contributed by atoms with van der Waals surface area (Å²) in [7, 11) is 0. The highest BCUT2D eigenvalue weighted by molar-refractivity contribution is 5.84. The highest BCUT2D eigenvalue weighted by Crippen LogP contribution is 2.17. The number of pyridine rings is 1. The predicted molar refractivity (Wildman–Crippen MR) is 52.4 cm³/mol. The number of rotatable bonds is 1. The lowest BCUT2D eigenvalue weighted by Crippen LogP contribution is -1.90. The lowest BCUT2D eigenvalue weighted by Gasteiger charge is -2.02. The molecular weight excluding hydrogens is 162 g/mol. The van der Waals surface area contributed by atoms with Crippen LogP contribution in [0.3, 0.4) is 0 Å². The third kappa shape index (κ3) is 1.40. The van der Waals surface area contributed by atoms with Crippen molar-refractivity contribution in [2.75, 3.05) is 0 Å². The lowest BCUT2D eigenvalue weighted by molar-refractivity contribution is 0.278. The van der Waals surface area contributed by atoms with Crippen molar-refractivity contribution >= 4 is 10.8 Å². The van der Waals surface area contributed by atoms with Gasteiger partial charge in [0.2, 0.25) is 0 Å². The molecule has 66 valence electrons. The molecule has 0 saturated carbocycles. The first-order valence-electron chi connectivity index (χ1n) is 4.26. The molecule has 0 bridgehead atoms. The Kier molecular flexibility index (Phi) is 1.99. The summed E-state index contributed by atoms with van der Waals surface area (Å²) in [6.07, 6.45) is 1.73. The van der Waals surface area contributed by atoms with Gasteiger partial charge in [-0.25, -0.2) is 0 Å². The van der Waals surface area contributed by atoms with E-state index in [0.29, 0.717) is 0 Å². The number of nitrogens with zero attached hydrogens (tertiary/aromatic N) is 1. The van der Waals surface area contributed by atoms with Gasteiger partial charge in [-0.3, -0.25) is 4.98 Å². The van der Waals surface area contributed by atoms with Gasteiger partial charge in [0.15, 0.2) is 0 Å². The van der Waals surface area contributed by atoms with Gasteiger partial charge in [-0.1, -0.05) is 23.8 Å². The summed E-state index contributed by atoms with van der Waals surface area (Å²) >= 11 is 0. The maximum Gasteiger partial charge on any atom is 0.0859 e. The number of hydrogen-bond donors (Lipinski definition) is 1. The quantitative estimate of drug-likeness (QED) is 0.715. The second-order valence-corrected chi connectivity index (χ2v) is 3.14. The third-order valence-corrected chi connectivity index (χ3v) is 2.15. The molecule has 0 unspecified atom stereocenters. The van der Waals surface area contributed by atoms with Crippen LogP contribution in [0.25, 0.3) is 10.8 Å². The maximum atomic E-state index is 9.04. The summed E-state index contributed by atoms with van der Waals surface area (Å²) in [6, 6.07) is 8.09. The highest BCUT2D eigenvalue weighted by atomic mass is 16.3. The van der Waals surface area contributed by atoms with Crippen molar-refractivity contribution in [3.05, 3.63) is 41.7 Å². The molecule has 0 saturated heterocycles. The number of aromatic nitrogens is 1. The fourth-order valence-electron chi connectivity index (χ4n) is 1.49. The van der Waals surface area contributed by atoms with Crippen LogP contribution >= 0.6 is 0 Å². The van der Waals surface area contributed by atoms with Crippen LogP contribution in [0.5, 0.6) is 0 Å². The van der Waals surface area contributed by atoms with Crippen LogP contribution in [0.1, 0.15) is 11.3 Å². The van der Waals surface area contributed by atoms with Gasteiger partial charge in [0.25, 0.3) is 0 Å². The molecule has 1 aromatic carbocycles. The molecule has 13 heavy (non-hydrogen) atoms. The maximum absolute atomic E-state index is 9.04. The van der Waals surface area contributed by atoms with Crippen LogP contribution in [0.15, 0.2) is 30.5 Å². The molecule has 0 aliphatic carbocycles. The Morgan fingerprint density at radius 2 is 2.15 bits per heavy atom. The number of aryl methyl sites for hydroxylation is 1. The van der Waals surface area contributed by atoms with E-state index < -0.39 is 0 Å². The van der Waals surface area contributed by atoms with Crippen LogP contribution in [-0.4, -0.2) is 10.1 Å². The van der Waals surface area contributed by atoms with E-state index in [1.165, 1.54) is 5.56 Å². The minimum absolute atomic E-state index is 0.000398. The van der Waals surface area contributed by atoms with E-state index in [1.807, 2.05) is 18.2 Å². The molecule has 0 radical (unpaired) electrons. The van der Waals surface area contributed by atoms with Crippen molar-refractivity contribution in [1.82, 2.24) is 4.98 Å². The van der Waals surface area contributed by atoms with E-state index in [0.717, 1.165) is 16.5 Å². The van der Waals surface area contributed by atoms with E-state index in [1.54, 1.807) is 6.20 Å². The Morgan fingerprint density at radius 1 is 1.31 bits per heavy atom. The fourth-order valence-corrected chi connectivity index (χ4v) is 1.49. The minimum Gasteiger partial charge on any atom is -0.390 e. The minimum atomic E-state index is 0.000398. The Balaban J connectivity index is 2.77. The Hall–Kier alpha value is -1.41. The van der Waals surface area contributed by atoms with Gasteiger partial charge in [0.05, 0.1) is 12.3 Å². The molecule has 2 nitrogen and oxygen atoms in total. The van der Waals surface area contributed by atoms with Crippen LogP contribution < -0.4 is 0 Å². The average Bonchev–Trinajstić information content (AvgIpc) is 2.16. The fraction of sp³-hybridized carbons (Fsp3) is 0.182. The van der Waals surface area contributed by atoms with E-state index in [4.69, 9.17) is 5.11 Å². The van der Waals surface area contributed by atoms with E-state index >= 15 is 0 Å². The van der Waals surface area contributed by atoms with Gasteiger partial charge in [0, 0.05) is 11.6 Å². The zero-order chi connectivity index (χ0) is 9.26. The molecule has 2 rings (SSSR count). The van der Waals surface area contributed by atoms with Gasteiger partial charge in [-0.15, -0.1) is 0 Å². The summed E-state index contributed by atoms with van der Waals surface area (Å²) < 4.78 is 0. The Labute approximate surface area is 76.9 Å². The van der Waals surface area contributed by atoms with Gasteiger partial charge < -0.3 is 5.11 Å². The monoisotopic (exact) mass is 173 g/mol. The van der Waals surface area contributed by atoms with Crippen LogP contribution in [0.2, 0.25) is 0 Å². The molecule has 1 heterocycles. The molecule has 0 aliphatic heterocycles. The molecule has 0 atom stereocenters. The first-order valence-corrected chi connectivity index (χ1v) is 4.26. The molecular formula is C11H11NO. The Bertz CT molecular complexity index is 437. The van der Waals surface area contributed by atoms with Crippen molar-refractivity contribution in [3.8, 4) is 0 Å². The average molecular weight is 173 g/mol. The van der Waals surface area contributed by atoms with E-state index in [-0.39, 0.29) is 6.61 Å². The standard InChI is InChI=1S/C11H11NO/c1-8-2-3-10-9(6-8)4-5-12-11(10)7-13/h2-6,13H,7H2,1H3. The number of aliphatic hydroxyl groups is 1. The molecule has 0 spiro atoms. The SMILES string of the molecule is Cc1ccc2c(CO)nccc2c1. The Morgan fingerprint density at radius 3 is 2.92 bits per heavy atom. The molecule has 0 fully saturated rings. The summed E-state index contributed by atoms with van der Waals surface area (Å²) in [4.78, 5) is 4.11. The first-order chi connectivity index (χ1) is 6.31. The zero-order valence-electron chi connectivity index (χ0n) is 7.49. The van der Waals surface area contributed by atoms with E-state index in [9.17, 15) is 0 Å². The lowest BCUT2D eigenvalue weighted by atomic mass is 10.1. The smallest absolute Gasteiger partial charge is 0.0859 e. The predicted octanol–water partition coefficient (Wildman–Crippen LogP) is 2.04. The van der Waals surface area contributed by atoms with E-state index in [2.05, 4.69) is 18.0 Å². The second-order valence-electron chi connectivity index (χ2n) is 3.14. The van der Waals surface area contributed by atoms with Crippen LogP contribution in [-0.2, 0) is 6.61 Å². The number of aliphatic hydroxyl groups excluding tert-OH is 1. The van der Waals surface area contributed by atoms with Crippen molar-refractivity contribution in [3.63, 3.8) is 0 Å². The number of benzene rings is 1. The molecule has 2 aromatic rings. The normalized spacial score (nSPS) is 10.6. The van der Waals surface area contributed by atoms with Crippen molar-refractivity contribution in [1.29, 1.82) is 0 Å². The summed E-state index contributed by atoms with van der Waals surface area (Å²) in [5.41, 5.74) is 1.97. The van der Waals surface area contributed by atoms with Crippen LogP contribution in [0.4, 0.5) is 0 Å². The second kappa shape index (κ2) is 3.15. The summed E-state index contributed by atoms with van der Waals surface area (Å²) in [6.45, 7) is 2.05.